The minimum Gasteiger partial charge on any atom is -0.299 e. The van der Waals surface area contributed by atoms with Gasteiger partial charge in [-0.1, -0.05) is 0 Å². The summed E-state index contributed by atoms with van der Waals surface area (Å²) in [7, 11) is 0. The van der Waals surface area contributed by atoms with Gasteiger partial charge in [-0.2, -0.15) is 0 Å². The normalized spacial score (nSPS) is 8.73. The molecule has 0 amide bonds. The van der Waals surface area contributed by atoms with Gasteiger partial charge in [0.2, 0.25) is 0 Å². The molecule has 0 spiro atoms. The Morgan fingerprint density at radius 3 is 1.00 bits per heavy atom. The Balaban J connectivity index is 0. The Morgan fingerprint density at radius 1 is 0.818 bits per heavy atom. The van der Waals surface area contributed by atoms with Crippen molar-refractivity contribution in [3.63, 3.8) is 0 Å². The van der Waals surface area contributed by atoms with Gasteiger partial charge >= 0.3 is 0 Å². The third-order valence-electron chi connectivity index (χ3n) is 1.22. The quantitative estimate of drug-likeness (QED) is 0.494. The molecule has 0 aliphatic rings. The summed E-state index contributed by atoms with van der Waals surface area (Å²) in [5.41, 5.74) is 0. The number of carbonyl (C=O) groups excluding carboxylic acids is 3. The van der Waals surface area contributed by atoms with E-state index in [1.54, 1.807) is 0 Å². The maximum Gasteiger partial charge on any atom is 0.147 e. The fraction of sp³-hybridized carbons (Fsp3) is 0.571. The molecule has 0 saturated heterocycles. The number of rotatable bonds is 3. The third-order valence-corrected chi connectivity index (χ3v) is 1.22. The molecule has 0 aliphatic carbocycles. The Bertz CT molecular complexity index is 153. The van der Waals surface area contributed by atoms with Gasteiger partial charge in [0, 0.05) is 17.1 Å². The zero-order valence-electron chi connectivity index (χ0n) is 6.60. The van der Waals surface area contributed by atoms with E-state index in [2.05, 4.69) is 0 Å². The average molecular weight is 206 g/mol. The zero-order valence-corrected chi connectivity index (χ0v) is 7.55. The van der Waals surface area contributed by atoms with Gasteiger partial charge in [0.05, 0.1) is 0 Å². The smallest absolute Gasteiger partial charge is 0.147 e. The largest absolute Gasteiger partial charge is 0.299 e. The summed E-state index contributed by atoms with van der Waals surface area (Å²) in [6, 6.07) is 0. The van der Waals surface area contributed by atoms with Crippen LogP contribution in [0.4, 0.5) is 0 Å². The van der Waals surface area contributed by atoms with Crippen molar-refractivity contribution < 1.29 is 31.5 Å². The molecule has 0 aromatic rings. The van der Waals surface area contributed by atoms with Crippen LogP contribution in [0.15, 0.2) is 0 Å². The first kappa shape index (κ1) is 13.1. The second kappa shape index (κ2) is 5.22. The van der Waals surface area contributed by atoms with Crippen LogP contribution >= 0.6 is 0 Å². The molecule has 0 saturated carbocycles. The Morgan fingerprint density at radius 2 is 1.00 bits per heavy atom. The second-order valence-corrected chi connectivity index (χ2v) is 2.26. The summed E-state index contributed by atoms with van der Waals surface area (Å²) < 4.78 is 0. The van der Waals surface area contributed by atoms with Crippen LogP contribution in [0.2, 0.25) is 0 Å². The van der Waals surface area contributed by atoms with Crippen molar-refractivity contribution in [3.8, 4) is 0 Å². The summed E-state index contributed by atoms with van der Waals surface area (Å²) in [6.07, 6.45) is 0. The summed E-state index contributed by atoms with van der Waals surface area (Å²) >= 11 is 0. The first-order valence-electron chi connectivity index (χ1n) is 2.98. The predicted molar refractivity (Wildman–Crippen MR) is 35.5 cm³/mol. The van der Waals surface area contributed by atoms with Crippen LogP contribution in [0.1, 0.15) is 20.8 Å². The molecule has 4 heteroatoms. The third kappa shape index (κ3) is 4.06. The minimum atomic E-state index is -1.03. The van der Waals surface area contributed by atoms with Gasteiger partial charge in [-0.25, -0.2) is 0 Å². The van der Waals surface area contributed by atoms with Crippen LogP contribution in [0.5, 0.6) is 0 Å². The Hall–Kier alpha value is -0.471. The number of ketones is 3. The van der Waals surface area contributed by atoms with Crippen molar-refractivity contribution in [1.82, 2.24) is 0 Å². The number of hydrogen-bond acceptors (Lipinski definition) is 3. The topological polar surface area (TPSA) is 51.2 Å². The van der Waals surface area contributed by atoms with E-state index in [-0.39, 0.29) is 34.4 Å². The van der Waals surface area contributed by atoms with Crippen molar-refractivity contribution in [3.05, 3.63) is 0 Å². The van der Waals surface area contributed by atoms with E-state index in [4.69, 9.17) is 0 Å². The number of carbonyl (C=O) groups is 3. The molecule has 11 heavy (non-hydrogen) atoms. The molecule has 0 fully saturated rings. The molecule has 0 rings (SSSR count). The van der Waals surface area contributed by atoms with E-state index in [1.165, 1.54) is 20.8 Å². The predicted octanol–water partition coefficient (Wildman–Crippen LogP) is 0.367. The molecule has 0 heterocycles. The van der Waals surface area contributed by atoms with Crippen LogP contribution in [-0.2, 0) is 31.5 Å². The van der Waals surface area contributed by atoms with Gasteiger partial charge < -0.3 is 0 Å². The summed E-state index contributed by atoms with van der Waals surface area (Å²) in [5.74, 6) is -2.15. The number of hydrogen-bond donors (Lipinski definition) is 0. The molecule has 67 valence electrons. The maximum atomic E-state index is 10.6. The Kier molecular flexibility index (Phi) is 6.23. The van der Waals surface area contributed by atoms with Crippen molar-refractivity contribution in [2.45, 2.75) is 20.8 Å². The first-order chi connectivity index (χ1) is 4.46. The van der Waals surface area contributed by atoms with Crippen molar-refractivity contribution >= 4 is 17.3 Å². The van der Waals surface area contributed by atoms with Gasteiger partial charge in [0.15, 0.2) is 0 Å². The van der Waals surface area contributed by atoms with Gasteiger partial charge in [-0.15, -0.1) is 0 Å². The van der Waals surface area contributed by atoms with E-state index in [0.29, 0.717) is 0 Å². The zero-order chi connectivity index (χ0) is 8.31. The molecule has 0 unspecified atom stereocenters. The van der Waals surface area contributed by atoms with Gasteiger partial charge in [-0.3, -0.25) is 14.4 Å². The summed E-state index contributed by atoms with van der Waals surface area (Å²) in [4.78, 5) is 31.8. The molecule has 0 aliphatic heterocycles. The van der Waals surface area contributed by atoms with E-state index < -0.39 is 5.92 Å². The van der Waals surface area contributed by atoms with Crippen LogP contribution in [0, 0.1) is 5.92 Å². The first-order valence-corrected chi connectivity index (χ1v) is 2.98. The average Bonchev–Trinajstić information content (AvgIpc) is 1.59. The molecule has 3 nitrogen and oxygen atoms in total. The van der Waals surface area contributed by atoms with Crippen molar-refractivity contribution in [2.24, 2.45) is 5.92 Å². The van der Waals surface area contributed by atoms with E-state index in [0.717, 1.165) is 0 Å². The minimum absolute atomic E-state index is 0. The van der Waals surface area contributed by atoms with E-state index >= 15 is 0 Å². The van der Waals surface area contributed by atoms with Crippen LogP contribution in [-0.4, -0.2) is 17.3 Å². The molecule has 0 bridgehead atoms. The SMILES string of the molecule is CC(=O)C(C(C)=O)C(C)=O.[Cu]. The molecular weight excluding hydrogens is 196 g/mol. The molecule has 0 aromatic carbocycles. The van der Waals surface area contributed by atoms with Crippen LogP contribution in [0.3, 0.4) is 0 Å². The second-order valence-electron chi connectivity index (χ2n) is 2.26. The number of Topliss-reactive ketones (excluding diaryl/α,β-unsaturated/α-hetero) is 3. The van der Waals surface area contributed by atoms with Crippen LogP contribution in [0.25, 0.3) is 0 Å². The van der Waals surface area contributed by atoms with Gasteiger partial charge in [-0.05, 0) is 20.8 Å². The Labute approximate surface area is 76.0 Å². The van der Waals surface area contributed by atoms with E-state index in [1.807, 2.05) is 0 Å². The molecule has 0 aromatic heterocycles. The summed E-state index contributed by atoms with van der Waals surface area (Å²) in [5, 5.41) is 0. The van der Waals surface area contributed by atoms with Gasteiger partial charge in [0.25, 0.3) is 0 Å². The molecular formula is C7H10CuO3. The van der Waals surface area contributed by atoms with Gasteiger partial charge in [0.1, 0.15) is 23.3 Å². The van der Waals surface area contributed by atoms with Crippen LogP contribution < -0.4 is 0 Å². The van der Waals surface area contributed by atoms with Crippen molar-refractivity contribution in [1.29, 1.82) is 0 Å². The van der Waals surface area contributed by atoms with E-state index in [9.17, 15) is 14.4 Å². The molecule has 0 N–H and O–H groups in total. The van der Waals surface area contributed by atoms with Crippen molar-refractivity contribution in [2.75, 3.05) is 0 Å². The fourth-order valence-corrected chi connectivity index (χ4v) is 0.859. The maximum absolute atomic E-state index is 10.6. The molecule has 1 radical (unpaired) electrons. The summed E-state index contributed by atoms with van der Waals surface area (Å²) in [6.45, 7) is 3.73. The fourth-order valence-electron chi connectivity index (χ4n) is 0.859. The standard InChI is InChI=1S/C7H10O3.Cu/c1-4(8)7(5(2)9)6(3)10;/h7H,1-3H3;. The monoisotopic (exact) mass is 205 g/mol. The molecule has 0 atom stereocenters.